The number of hydrogen-bond donors (Lipinski definition) is 1. The van der Waals surface area contributed by atoms with Crippen molar-refractivity contribution in [2.75, 3.05) is 18.9 Å². The van der Waals surface area contributed by atoms with Crippen LogP contribution in [0.3, 0.4) is 0 Å². The van der Waals surface area contributed by atoms with Gasteiger partial charge in [0, 0.05) is 17.8 Å². The number of rotatable bonds is 4. The first kappa shape index (κ1) is 15.1. The zero-order chi connectivity index (χ0) is 15.4. The molecule has 0 aliphatic heterocycles. The van der Waals surface area contributed by atoms with E-state index in [4.69, 9.17) is 16.0 Å². The van der Waals surface area contributed by atoms with Crippen molar-refractivity contribution in [2.45, 2.75) is 6.92 Å². The number of nitrogens with one attached hydrogen (secondary N) is 1. The van der Waals surface area contributed by atoms with Gasteiger partial charge in [0.05, 0.1) is 12.8 Å². The molecule has 1 N–H and O–H groups in total. The van der Waals surface area contributed by atoms with Crippen molar-refractivity contribution in [3.05, 3.63) is 52.9 Å². The van der Waals surface area contributed by atoms with Crippen LogP contribution in [0.25, 0.3) is 0 Å². The van der Waals surface area contributed by atoms with Gasteiger partial charge in [0.25, 0.3) is 5.91 Å². The fourth-order valence-electron chi connectivity index (χ4n) is 1.81. The molecule has 110 valence electrons. The Morgan fingerprint density at radius 1 is 1.29 bits per heavy atom. The molecule has 0 unspecified atom stereocenters. The van der Waals surface area contributed by atoms with Gasteiger partial charge in [0.15, 0.2) is 5.76 Å². The van der Waals surface area contributed by atoms with E-state index in [1.54, 1.807) is 30.3 Å². The molecule has 5 nitrogen and oxygen atoms in total. The molecule has 0 bridgehead atoms. The summed E-state index contributed by atoms with van der Waals surface area (Å²) in [5, 5.41) is 3.31. The van der Waals surface area contributed by atoms with Crippen LogP contribution >= 0.6 is 11.6 Å². The van der Waals surface area contributed by atoms with Crippen LogP contribution in [0, 0.1) is 6.92 Å². The number of carbonyl (C=O) groups excluding carboxylic acids is 2. The van der Waals surface area contributed by atoms with Crippen molar-refractivity contribution in [1.82, 2.24) is 4.90 Å². The number of carbonyl (C=O) groups is 2. The Morgan fingerprint density at radius 3 is 2.71 bits per heavy atom. The van der Waals surface area contributed by atoms with Gasteiger partial charge in [-0.3, -0.25) is 9.59 Å². The minimum Gasteiger partial charge on any atom is -0.459 e. The molecule has 1 aromatic carbocycles. The van der Waals surface area contributed by atoms with Crippen LogP contribution in [-0.4, -0.2) is 30.3 Å². The molecule has 2 amide bonds. The highest BCUT2D eigenvalue weighted by Gasteiger charge is 2.17. The van der Waals surface area contributed by atoms with Crippen LogP contribution in [0.15, 0.2) is 41.0 Å². The molecule has 21 heavy (non-hydrogen) atoms. The van der Waals surface area contributed by atoms with E-state index in [0.29, 0.717) is 10.7 Å². The lowest BCUT2D eigenvalue weighted by Gasteiger charge is -2.16. The van der Waals surface area contributed by atoms with E-state index < -0.39 is 0 Å². The predicted molar refractivity (Wildman–Crippen MR) is 80.5 cm³/mol. The summed E-state index contributed by atoms with van der Waals surface area (Å²) in [6.45, 7) is 1.74. The molecule has 0 aliphatic rings. The molecule has 1 heterocycles. The fraction of sp³-hybridized carbons (Fsp3) is 0.200. The van der Waals surface area contributed by atoms with E-state index in [9.17, 15) is 9.59 Å². The number of furan rings is 1. The number of benzene rings is 1. The highest BCUT2D eigenvalue weighted by Crippen LogP contribution is 2.22. The third kappa shape index (κ3) is 3.64. The summed E-state index contributed by atoms with van der Waals surface area (Å²) >= 11 is 5.99. The first-order valence-electron chi connectivity index (χ1n) is 6.33. The average Bonchev–Trinajstić information content (AvgIpc) is 2.97. The van der Waals surface area contributed by atoms with Gasteiger partial charge in [-0.25, -0.2) is 0 Å². The van der Waals surface area contributed by atoms with E-state index >= 15 is 0 Å². The maximum Gasteiger partial charge on any atom is 0.289 e. The highest BCUT2D eigenvalue weighted by molar-refractivity contribution is 6.31. The topological polar surface area (TPSA) is 62.6 Å². The third-order valence-corrected chi connectivity index (χ3v) is 3.41. The molecule has 0 atom stereocenters. The zero-order valence-corrected chi connectivity index (χ0v) is 12.5. The SMILES string of the molecule is Cc1c(Cl)cccc1NC(=O)CN(C)C(=O)c1ccco1. The summed E-state index contributed by atoms with van der Waals surface area (Å²) in [6.07, 6.45) is 1.41. The Morgan fingerprint density at radius 2 is 2.05 bits per heavy atom. The molecular formula is C15H15ClN2O3. The van der Waals surface area contributed by atoms with E-state index in [1.807, 2.05) is 6.92 Å². The second-order valence-corrected chi connectivity index (χ2v) is 5.01. The van der Waals surface area contributed by atoms with Crippen molar-refractivity contribution in [2.24, 2.45) is 0 Å². The van der Waals surface area contributed by atoms with Crippen molar-refractivity contribution < 1.29 is 14.0 Å². The average molecular weight is 307 g/mol. The van der Waals surface area contributed by atoms with Crippen molar-refractivity contribution in [3.8, 4) is 0 Å². The summed E-state index contributed by atoms with van der Waals surface area (Å²) in [7, 11) is 1.54. The molecule has 0 spiro atoms. The first-order chi connectivity index (χ1) is 9.99. The second kappa shape index (κ2) is 6.45. The largest absolute Gasteiger partial charge is 0.459 e. The monoisotopic (exact) mass is 306 g/mol. The number of hydrogen-bond acceptors (Lipinski definition) is 3. The Hall–Kier alpha value is -2.27. The number of nitrogens with zero attached hydrogens (tertiary/aromatic N) is 1. The maximum atomic E-state index is 12.0. The fourth-order valence-corrected chi connectivity index (χ4v) is 1.98. The van der Waals surface area contributed by atoms with Gasteiger partial charge in [-0.1, -0.05) is 17.7 Å². The molecular weight excluding hydrogens is 292 g/mol. The van der Waals surface area contributed by atoms with Gasteiger partial charge in [0.1, 0.15) is 0 Å². The van der Waals surface area contributed by atoms with Gasteiger partial charge in [0.2, 0.25) is 5.91 Å². The number of anilines is 1. The second-order valence-electron chi connectivity index (χ2n) is 4.60. The molecule has 2 aromatic rings. The smallest absolute Gasteiger partial charge is 0.289 e. The lowest BCUT2D eigenvalue weighted by atomic mass is 10.2. The van der Waals surface area contributed by atoms with Gasteiger partial charge < -0.3 is 14.6 Å². The molecule has 0 fully saturated rings. The number of amides is 2. The molecule has 2 rings (SSSR count). The van der Waals surface area contributed by atoms with Crippen molar-refractivity contribution in [1.29, 1.82) is 0 Å². The lowest BCUT2D eigenvalue weighted by molar-refractivity contribution is -0.116. The molecule has 0 radical (unpaired) electrons. The molecule has 6 heteroatoms. The zero-order valence-electron chi connectivity index (χ0n) is 11.7. The van der Waals surface area contributed by atoms with E-state index in [2.05, 4.69) is 5.32 Å². The van der Waals surface area contributed by atoms with E-state index in [1.165, 1.54) is 18.2 Å². The standard InChI is InChI=1S/C15H15ClN2O3/c1-10-11(16)5-3-6-12(10)17-14(19)9-18(2)15(20)13-7-4-8-21-13/h3-8H,9H2,1-2H3,(H,17,19). The summed E-state index contributed by atoms with van der Waals surface area (Å²) in [5.41, 5.74) is 1.42. The summed E-state index contributed by atoms with van der Waals surface area (Å²) in [6, 6.07) is 8.43. The van der Waals surface area contributed by atoms with Crippen molar-refractivity contribution in [3.63, 3.8) is 0 Å². The Labute approximate surface area is 127 Å². The van der Waals surface area contributed by atoms with Crippen LogP contribution in [0.5, 0.6) is 0 Å². The van der Waals surface area contributed by atoms with Gasteiger partial charge in [-0.2, -0.15) is 0 Å². The molecule has 1 aromatic heterocycles. The Kier molecular flexibility index (Phi) is 4.65. The van der Waals surface area contributed by atoms with Gasteiger partial charge >= 0.3 is 0 Å². The molecule has 0 saturated heterocycles. The summed E-state index contributed by atoms with van der Waals surface area (Å²) in [5.74, 6) is -0.454. The highest BCUT2D eigenvalue weighted by atomic mass is 35.5. The van der Waals surface area contributed by atoms with Crippen molar-refractivity contribution >= 4 is 29.1 Å². The quantitative estimate of drug-likeness (QED) is 0.944. The molecule has 0 saturated carbocycles. The van der Waals surface area contributed by atoms with Crippen LogP contribution in [0.1, 0.15) is 16.1 Å². The number of halogens is 1. The third-order valence-electron chi connectivity index (χ3n) is 3.00. The minimum atomic E-state index is -0.349. The maximum absolute atomic E-state index is 12.0. The normalized spacial score (nSPS) is 10.2. The molecule has 0 aliphatic carbocycles. The van der Waals surface area contributed by atoms with Crippen LogP contribution in [0.4, 0.5) is 5.69 Å². The van der Waals surface area contributed by atoms with Crippen LogP contribution in [-0.2, 0) is 4.79 Å². The Balaban J connectivity index is 1.98. The summed E-state index contributed by atoms with van der Waals surface area (Å²) < 4.78 is 5.01. The van der Waals surface area contributed by atoms with Crippen LogP contribution in [0.2, 0.25) is 5.02 Å². The Bertz CT molecular complexity index is 653. The number of likely N-dealkylation sites (N-methyl/N-ethyl adjacent to an activating group) is 1. The van der Waals surface area contributed by atoms with E-state index in [-0.39, 0.29) is 24.1 Å². The van der Waals surface area contributed by atoms with Crippen LogP contribution < -0.4 is 5.32 Å². The van der Waals surface area contributed by atoms with Gasteiger partial charge in [-0.05, 0) is 36.8 Å². The first-order valence-corrected chi connectivity index (χ1v) is 6.70. The lowest BCUT2D eigenvalue weighted by Crippen LogP contribution is -2.34. The van der Waals surface area contributed by atoms with E-state index in [0.717, 1.165) is 5.56 Å². The summed E-state index contributed by atoms with van der Waals surface area (Å²) in [4.78, 5) is 25.2. The van der Waals surface area contributed by atoms with Gasteiger partial charge in [-0.15, -0.1) is 0 Å². The predicted octanol–water partition coefficient (Wildman–Crippen LogP) is 2.95. The minimum absolute atomic E-state index is 0.0779.